The molecule has 11 heteroatoms. The molecule has 0 bridgehead atoms. The van der Waals surface area contributed by atoms with Crippen LogP contribution >= 0.6 is 0 Å². The highest BCUT2D eigenvalue weighted by Gasteiger charge is 2.38. The van der Waals surface area contributed by atoms with Gasteiger partial charge >= 0.3 is 6.09 Å². The molecule has 4 heterocycles. The zero-order valence-electron chi connectivity index (χ0n) is 29.2. The van der Waals surface area contributed by atoms with Crippen molar-refractivity contribution >= 4 is 35.2 Å². The third kappa shape index (κ3) is 6.28. The number of imide groups is 1. The van der Waals surface area contributed by atoms with Crippen molar-refractivity contribution in [2.75, 3.05) is 29.4 Å². The monoisotopic (exact) mass is 674 g/mol. The lowest BCUT2D eigenvalue weighted by molar-refractivity contribution is 0.0583. The summed E-state index contributed by atoms with van der Waals surface area (Å²) in [6.07, 6.45) is 5.02. The lowest BCUT2D eigenvalue weighted by Gasteiger charge is -2.25. The van der Waals surface area contributed by atoms with E-state index in [9.17, 15) is 19.2 Å². The number of benzene rings is 3. The molecule has 258 valence electrons. The standard InChI is InChI=1S/C39H42N6O5/c1-24-12-13-25(2)33(19-24)45-36(47)29-15-14-28(20-31(29)37(45)48)35(46)42-17-7-6-9-26(21-42)22-43-23-32(40-41-43)30-11-8-10-27-16-18-44(34(27)30)38(49)50-39(3,4)5/h8,10-15,19-20,23,26H,6-7,9,16-18,21-22H2,1-5H3. The molecule has 1 aromatic heterocycles. The number of nitrogens with zero attached hydrogens (tertiary/aromatic N) is 6. The number of anilines is 2. The Kier molecular flexibility index (Phi) is 8.53. The Balaban J connectivity index is 1.07. The number of hydrogen-bond donors (Lipinski definition) is 0. The number of ether oxygens (including phenoxy) is 1. The Bertz CT molecular complexity index is 2030. The normalized spacial score (nSPS) is 17.5. The fourth-order valence-corrected chi connectivity index (χ4v) is 7.24. The van der Waals surface area contributed by atoms with Crippen molar-refractivity contribution in [3.05, 3.63) is 94.2 Å². The van der Waals surface area contributed by atoms with Gasteiger partial charge in [0.15, 0.2) is 0 Å². The van der Waals surface area contributed by atoms with Crippen LogP contribution in [0, 0.1) is 19.8 Å². The fraction of sp³-hybridized carbons (Fsp3) is 0.385. The smallest absolute Gasteiger partial charge is 0.414 e. The lowest BCUT2D eigenvalue weighted by atomic mass is 10.0. The van der Waals surface area contributed by atoms with E-state index < -0.39 is 11.5 Å². The maximum atomic E-state index is 13.9. The van der Waals surface area contributed by atoms with Crippen molar-refractivity contribution in [2.24, 2.45) is 5.92 Å². The van der Waals surface area contributed by atoms with Gasteiger partial charge in [-0.15, -0.1) is 5.10 Å². The van der Waals surface area contributed by atoms with Crippen LogP contribution in [0.15, 0.2) is 60.8 Å². The second-order valence-electron chi connectivity index (χ2n) is 14.6. The molecule has 11 nitrogen and oxygen atoms in total. The minimum absolute atomic E-state index is 0.133. The molecule has 3 aromatic carbocycles. The maximum absolute atomic E-state index is 13.9. The molecular formula is C39H42N6O5. The third-order valence-corrected chi connectivity index (χ3v) is 9.66. The molecule has 7 rings (SSSR count). The van der Waals surface area contributed by atoms with Crippen LogP contribution < -0.4 is 9.80 Å². The van der Waals surface area contributed by atoms with E-state index in [1.165, 1.54) is 4.90 Å². The number of fused-ring (bicyclic) bond motifs is 2. The van der Waals surface area contributed by atoms with Gasteiger partial charge in [-0.2, -0.15) is 0 Å². The number of hydrogen-bond acceptors (Lipinski definition) is 7. The van der Waals surface area contributed by atoms with Crippen LogP contribution in [0.5, 0.6) is 0 Å². The van der Waals surface area contributed by atoms with Crippen molar-refractivity contribution in [2.45, 2.75) is 72.4 Å². The summed E-state index contributed by atoms with van der Waals surface area (Å²) in [5.41, 5.74) is 6.06. The van der Waals surface area contributed by atoms with Crippen molar-refractivity contribution in [3.8, 4) is 11.3 Å². The number of carbonyl (C=O) groups excluding carboxylic acids is 4. The summed E-state index contributed by atoms with van der Waals surface area (Å²) < 4.78 is 7.51. The molecule has 0 radical (unpaired) electrons. The Morgan fingerprint density at radius 2 is 1.72 bits per heavy atom. The first-order chi connectivity index (χ1) is 23.9. The van der Waals surface area contributed by atoms with Crippen LogP contribution in [0.3, 0.4) is 0 Å². The lowest BCUT2D eigenvalue weighted by Crippen LogP contribution is -2.36. The van der Waals surface area contributed by atoms with E-state index >= 15 is 0 Å². The maximum Gasteiger partial charge on any atom is 0.414 e. The molecule has 0 N–H and O–H groups in total. The fourth-order valence-electron chi connectivity index (χ4n) is 7.24. The van der Waals surface area contributed by atoms with Gasteiger partial charge in [-0.25, -0.2) is 9.69 Å². The zero-order valence-corrected chi connectivity index (χ0v) is 29.2. The first-order valence-corrected chi connectivity index (χ1v) is 17.3. The number of amides is 4. The van der Waals surface area contributed by atoms with Crippen molar-refractivity contribution < 1.29 is 23.9 Å². The third-order valence-electron chi connectivity index (χ3n) is 9.66. The highest BCUT2D eigenvalue weighted by Crippen LogP contribution is 2.38. The van der Waals surface area contributed by atoms with Gasteiger partial charge in [-0.05, 0) is 101 Å². The molecule has 1 saturated heterocycles. The van der Waals surface area contributed by atoms with Crippen molar-refractivity contribution in [3.63, 3.8) is 0 Å². The van der Waals surface area contributed by atoms with Gasteiger partial charge in [0.25, 0.3) is 17.7 Å². The highest BCUT2D eigenvalue weighted by molar-refractivity contribution is 6.35. The average molecular weight is 675 g/mol. The summed E-state index contributed by atoms with van der Waals surface area (Å²) in [6, 6.07) is 16.5. The molecule has 4 aromatic rings. The topological polar surface area (TPSA) is 118 Å². The molecular weight excluding hydrogens is 632 g/mol. The quantitative estimate of drug-likeness (QED) is 0.219. The van der Waals surface area contributed by atoms with Gasteiger partial charge < -0.3 is 9.64 Å². The highest BCUT2D eigenvalue weighted by atomic mass is 16.6. The van der Waals surface area contributed by atoms with E-state index in [1.807, 2.05) is 86.8 Å². The summed E-state index contributed by atoms with van der Waals surface area (Å²) in [5.74, 6) is -0.820. The van der Waals surface area contributed by atoms with Gasteiger partial charge in [-0.3, -0.25) is 24.0 Å². The van der Waals surface area contributed by atoms with E-state index in [1.54, 1.807) is 23.1 Å². The predicted molar refractivity (Wildman–Crippen MR) is 189 cm³/mol. The zero-order chi connectivity index (χ0) is 35.3. The van der Waals surface area contributed by atoms with Crippen molar-refractivity contribution in [1.82, 2.24) is 19.9 Å². The van der Waals surface area contributed by atoms with E-state index in [2.05, 4.69) is 10.3 Å². The minimum atomic E-state index is -0.606. The SMILES string of the molecule is Cc1ccc(C)c(N2C(=O)c3ccc(C(=O)N4CCCCC(Cn5cc(-c6cccc7c6N(C(=O)OC(C)(C)C)CC7)nn5)C4)cc3C2=O)c1. The summed E-state index contributed by atoms with van der Waals surface area (Å²) in [4.78, 5) is 58.6. The summed E-state index contributed by atoms with van der Waals surface area (Å²) in [5, 5.41) is 8.95. The number of aromatic nitrogens is 3. The Morgan fingerprint density at radius 3 is 2.52 bits per heavy atom. The van der Waals surface area contributed by atoms with Gasteiger partial charge in [0.1, 0.15) is 11.3 Å². The molecule has 0 aliphatic carbocycles. The molecule has 50 heavy (non-hydrogen) atoms. The molecule has 1 unspecified atom stereocenters. The van der Waals surface area contributed by atoms with Gasteiger partial charge in [0.05, 0.1) is 28.7 Å². The van der Waals surface area contributed by atoms with Crippen LogP contribution in [0.1, 0.15) is 87.8 Å². The molecule has 1 fully saturated rings. The molecule has 1 atom stereocenters. The molecule has 0 saturated carbocycles. The molecule has 0 spiro atoms. The predicted octanol–water partition coefficient (Wildman–Crippen LogP) is 6.60. The second-order valence-corrected chi connectivity index (χ2v) is 14.6. The number of carbonyl (C=O) groups is 4. The average Bonchev–Trinajstić information content (AvgIpc) is 3.73. The van der Waals surface area contributed by atoms with Gasteiger partial charge in [-0.1, -0.05) is 42.0 Å². The largest absolute Gasteiger partial charge is 0.443 e. The van der Waals surface area contributed by atoms with E-state index in [-0.39, 0.29) is 29.4 Å². The molecule has 3 aliphatic heterocycles. The molecule has 3 aliphatic rings. The second kappa shape index (κ2) is 12.9. The van der Waals surface area contributed by atoms with Gasteiger partial charge in [0, 0.05) is 37.3 Å². The van der Waals surface area contributed by atoms with Crippen LogP contribution in [0.2, 0.25) is 0 Å². The first-order valence-electron chi connectivity index (χ1n) is 17.3. The summed E-state index contributed by atoms with van der Waals surface area (Å²) >= 11 is 0. The minimum Gasteiger partial charge on any atom is -0.443 e. The first kappa shape index (κ1) is 33.2. The molecule has 4 amide bonds. The van der Waals surface area contributed by atoms with E-state index in [4.69, 9.17) is 4.74 Å². The Labute approximate surface area is 291 Å². The summed E-state index contributed by atoms with van der Waals surface area (Å²) in [7, 11) is 0. The van der Waals surface area contributed by atoms with E-state index in [0.29, 0.717) is 48.7 Å². The van der Waals surface area contributed by atoms with E-state index in [0.717, 1.165) is 53.6 Å². The van der Waals surface area contributed by atoms with Crippen molar-refractivity contribution in [1.29, 1.82) is 0 Å². The Hall–Kier alpha value is -5.32. The van der Waals surface area contributed by atoms with Crippen LogP contribution in [-0.4, -0.2) is 68.9 Å². The Morgan fingerprint density at radius 1 is 0.920 bits per heavy atom. The van der Waals surface area contributed by atoms with Gasteiger partial charge in [0.2, 0.25) is 0 Å². The number of rotatable bonds is 5. The number of para-hydroxylation sites is 1. The summed E-state index contributed by atoms with van der Waals surface area (Å²) in [6.45, 7) is 11.6. The van der Waals surface area contributed by atoms with Crippen LogP contribution in [0.25, 0.3) is 11.3 Å². The van der Waals surface area contributed by atoms with Crippen LogP contribution in [0.4, 0.5) is 16.2 Å². The number of aryl methyl sites for hydroxylation is 2. The van der Waals surface area contributed by atoms with Crippen LogP contribution in [-0.2, 0) is 17.7 Å². The number of likely N-dealkylation sites (tertiary alicyclic amines) is 1.